The molecule has 3 N–H and O–H groups in total. The molecule has 2 atom stereocenters. The number of ether oxygens (including phenoxy) is 2. The monoisotopic (exact) mass is 443 g/mol. The van der Waals surface area contributed by atoms with Crippen molar-refractivity contribution in [2.75, 3.05) is 18.5 Å². The molecule has 0 aliphatic carbocycles. The van der Waals surface area contributed by atoms with Gasteiger partial charge in [-0.2, -0.15) is 0 Å². The predicted octanol–water partition coefficient (Wildman–Crippen LogP) is 2.15. The first kappa shape index (κ1) is 19.4. The minimum Gasteiger partial charge on any atom is -0.473 e. The molecule has 1 aromatic carbocycles. The second kappa shape index (κ2) is 7.34. The topological polar surface area (TPSA) is 111 Å². The summed E-state index contributed by atoms with van der Waals surface area (Å²) in [4.78, 5) is 38.0. The molecule has 1 saturated heterocycles. The molecule has 10 heteroatoms. The van der Waals surface area contributed by atoms with Crippen molar-refractivity contribution in [1.82, 2.24) is 4.90 Å². The van der Waals surface area contributed by atoms with E-state index in [0.717, 1.165) is 11.3 Å². The summed E-state index contributed by atoms with van der Waals surface area (Å²) in [6, 6.07) is 1.63. The number of carbonyl (C=O) groups excluding carboxylic acids is 3. The fraction of sp³-hybridized carbons (Fsp3) is 0.471. The maximum Gasteiger partial charge on any atom is 0.410 e. The SMILES string of the molecule is CCCCOC(=O)N1C[C@@]2(C[C@H]1C(N)=O)Oc1cc(Br)cc(F)c1NC2=O. The molecule has 27 heavy (non-hydrogen) atoms. The summed E-state index contributed by atoms with van der Waals surface area (Å²) in [5, 5.41) is 2.47. The zero-order valence-corrected chi connectivity index (χ0v) is 16.2. The molecule has 2 aliphatic rings. The molecule has 146 valence electrons. The number of rotatable bonds is 4. The van der Waals surface area contributed by atoms with Gasteiger partial charge in [0.25, 0.3) is 5.91 Å². The molecule has 0 saturated carbocycles. The van der Waals surface area contributed by atoms with E-state index in [1.807, 2.05) is 6.92 Å². The van der Waals surface area contributed by atoms with Crippen LogP contribution in [0.15, 0.2) is 16.6 Å². The van der Waals surface area contributed by atoms with Gasteiger partial charge >= 0.3 is 6.09 Å². The molecule has 3 amide bonds. The van der Waals surface area contributed by atoms with Crippen LogP contribution >= 0.6 is 15.9 Å². The van der Waals surface area contributed by atoms with Crippen molar-refractivity contribution in [3.05, 3.63) is 22.4 Å². The Balaban J connectivity index is 1.88. The molecule has 0 aromatic heterocycles. The number of likely N-dealkylation sites (tertiary alicyclic amines) is 1. The summed E-state index contributed by atoms with van der Waals surface area (Å²) < 4.78 is 25.5. The maximum absolute atomic E-state index is 14.1. The van der Waals surface area contributed by atoms with E-state index < -0.39 is 35.4 Å². The highest BCUT2D eigenvalue weighted by molar-refractivity contribution is 9.10. The number of primary amides is 1. The van der Waals surface area contributed by atoms with Crippen LogP contribution in [-0.2, 0) is 14.3 Å². The number of benzene rings is 1. The molecule has 2 heterocycles. The Morgan fingerprint density at radius 3 is 2.93 bits per heavy atom. The van der Waals surface area contributed by atoms with Gasteiger partial charge in [0.15, 0.2) is 5.82 Å². The van der Waals surface area contributed by atoms with Crippen molar-refractivity contribution in [2.24, 2.45) is 5.73 Å². The van der Waals surface area contributed by atoms with Gasteiger partial charge < -0.3 is 20.5 Å². The van der Waals surface area contributed by atoms with E-state index in [-0.39, 0.29) is 31.0 Å². The lowest BCUT2D eigenvalue weighted by atomic mass is 9.96. The van der Waals surface area contributed by atoms with Gasteiger partial charge in [-0.15, -0.1) is 0 Å². The molecular weight excluding hydrogens is 425 g/mol. The van der Waals surface area contributed by atoms with Gasteiger partial charge in [-0.1, -0.05) is 29.3 Å². The van der Waals surface area contributed by atoms with Gasteiger partial charge in [0.1, 0.15) is 17.5 Å². The molecule has 3 rings (SSSR count). The van der Waals surface area contributed by atoms with Crippen LogP contribution < -0.4 is 15.8 Å². The zero-order chi connectivity index (χ0) is 19.8. The number of nitrogens with one attached hydrogen (secondary N) is 1. The van der Waals surface area contributed by atoms with E-state index in [1.54, 1.807) is 0 Å². The first-order chi connectivity index (χ1) is 12.8. The number of amides is 3. The Morgan fingerprint density at radius 2 is 2.26 bits per heavy atom. The van der Waals surface area contributed by atoms with Gasteiger partial charge in [0.05, 0.1) is 13.2 Å². The van der Waals surface area contributed by atoms with E-state index in [2.05, 4.69) is 21.2 Å². The minimum absolute atomic E-state index is 0.0894. The standard InChI is InChI=1S/C17H19BrFN3O5/c1-2-3-4-26-16(25)22-8-17(7-11(22)14(20)23)15(24)21-13-10(19)5-9(18)6-12(13)27-17/h5-6,11H,2-4,7-8H2,1H3,(H2,20,23)(H,21,24)/t11-,17+/m0/s1. The van der Waals surface area contributed by atoms with Crippen molar-refractivity contribution in [2.45, 2.75) is 37.8 Å². The number of halogens is 2. The van der Waals surface area contributed by atoms with Crippen LogP contribution in [0.5, 0.6) is 5.75 Å². The number of carbonyl (C=O) groups is 3. The Bertz CT molecular complexity index is 805. The number of nitrogens with two attached hydrogens (primary N) is 1. The van der Waals surface area contributed by atoms with E-state index in [0.29, 0.717) is 10.9 Å². The number of fused-ring (bicyclic) bond motifs is 1. The Kier molecular flexibility index (Phi) is 5.27. The molecular formula is C17H19BrFN3O5. The average Bonchev–Trinajstić information content (AvgIpc) is 2.98. The number of hydrogen-bond donors (Lipinski definition) is 2. The van der Waals surface area contributed by atoms with E-state index in [9.17, 15) is 18.8 Å². The Labute approximate surface area is 163 Å². The van der Waals surface area contributed by atoms with Crippen LogP contribution in [0.1, 0.15) is 26.2 Å². The normalized spacial score (nSPS) is 23.6. The van der Waals surface area contributed by atoms with Crippen molar-refractivity contribution < 1.29 is 28.2 Å². The molecule has 0 radical (unpaired) electrons. The number of nitrogens with zero attached hydrogens (tertiary/aromatic N) is 1. The fourth-order valence-corrected chi connectivity index (χ4v) is 3.59. The lowest BCUT2D eigenvalue weighted by molar-refractivity contribution is -0.131. The van der Waals surface area contributed by atoms with Crippen molar-refractivity contribution in [3.8, 4) is 5.75 Å². The Hall–Kier alpha value is -2.36. The molecule has 1 aromatic rings. The smallest absolute Gasteiger partial charge is 0.410 e. The van der Waals surface area contributed by atoms with Gasteiger partial charge in [-0.25, -0.2) is 9.18 Å². The van der Waals surface area contributed by atoms with Crippen LogP contribution in [0, 0.1) is 5.82 Å². The fourth-order valence-electron chi connectivity index (χ4n) is 3.18. The molecule has 2 aliphatic heterocycles. The van der Waals surface area contributed by atoms with Crippen molar-refractivity contribution in [3.63, 3.8) is 0 Å². The van der Waals surface area contributed by atoms with E-state index >= 15 is 0 Å². The zero-order valence-electron chi connectivity index (χ0n) is 14.6. The third-order valence-corrected chi connectivity index (χ3v) is 5.05. The third-order valence-electron chi connectivity index (χ3n) is 4.59. The van der Waals surface area contributed by atoms with Crippen LogP contribution in [-0.4, -0.2) is 47.6 Å². The number of hydrogen-bond acceptors (Lipinski definition) is 5. The van der Waals surface area contributed by atoms with Crippen LogP contribution in [0.2, 0.25) is 0 Å². The molecule has 1 fully saturated rings. The summed E-state index contributed by atoms with van der Waals surface area (Å²) in [6.07, 6.45) is 0.611. The number of anilines is 1. The van der Waals surface area contributed by atoms with Crippen molar-refractivity contribution >= 4 is 39.5 Å². The summed E-state index contributed by atoms with van der Waals surface area (Å²) in [5.41, 5.74) is 3.77. The Morgan fingerprint density at radius 1 is 1.52 bits per heavy atom. The first-order valence-electron chi connectivity index (χ1n) is 8.49. The second-order valence-electron chi connectivity index (χ2n) is 6.53. The lowest BCUT2D eigenvalue weighted by Gasteiger charge is -2.34. The third kappa shape index (κ3) is 3.58. The minimum atomic E-state index is -1.55. The van der Waals surface area contributed by atoms with Crippen LogP contribution in [0.3, 0.4) is 0 Å². The maximum atomic E-state index is 14.1. The summed E-state index contributed by atoms with van der Waals surface area (Å²) >= 11 is 3.17. The van der Waals surface area contributed by atoms with E-state index in [4.69, 9.17) is 15.2 Å². The van der Waals surface area contributed by atoms with Gasteiger partial charge in [-0.3, -0.25) is 14.5 Å². The molecule has 0 bridgehead atoms. The highest BCUT2D eigenvalue weighted by Crippen LogP contribution is 2.42. The quantitative estimate of drug-likeness (QED) is 0.692. The first-order valence-corrected chi connectivity index (χ1v) is 9.29. The van der Waals surface area contributed by atoms with E-state index in [1.165, 1.54) is 12.1 Å². The van der Waals surface area contributed by atoms with Gasteiger partial charge in [-0.05, 0) is 18.6 Å². The highest BCUT2D eigenvalue weighted by Gasteiger charge is 2.57. The summed E-state index contributed by atoms with van der Waals surface area (Å²) in [7, 11) is 0. The van der Waals surface area contributed by atoms with Gasteiger partial charge in [0, 0.05) is 10.9 Å². The lowest BCUT2D eigenvalue weighted by Crippen LogP contribution is -2.53. The highest BCUT2D eigenvalue weighted by atomic mass is 79.9. The van der Waals surface area contributed by atoms with Crippen LogP contribution in [0.4, 0.5) is 14.9 Å². The average molecular weight is 444 g/mol. The van der Waals surface area contributed by atoms with Gasteiger partial charge in [0.2, 0.25) is 11.5 Å². The molecule has 0 unspecified atom stereocenters. The summed E-state index contributed by atoms with van der Waals surface area (Å²) in [6.45, 7) is 1.91. The predicted molar refractivity (Wildman–Crippen MR) is 96.7 cm³/mol. The second-order valence-corrected chi connectivity index (χ2v) is 7.45. The van der Waals surface area contributed by atoms with Crippen LogP contribution in [0.25, 0.3) is 0 Å². The largest absolute Gasteiger partial charge is 0.473 e. The molecule has 8 nitrogen and oxygen atoms in total. The van der Waals surface area contributed by atoms with Crippen molar-refractivity contribution in [1.29, 1.82) is 0 Å². The summed E-state index contributed by atoms with van der Waals surface area (Å²) in [5.74, 6) is -1.98. The molecule has 1 spiro atoms. The number of unbranched alkanes of at least 4 members (excludes halogenated alkanes) is 1.